The van der Waals surface area contributed by atoms with Crippen LogP contribution in [0.2, 0.25) is 0 Å². The van der Waals surface area contributed by atoms with Crippen molar-refractivity contribution in [1.29, 1.82) is 0 Å². The van der Waals surface area contributed by atoms with E-state index in [0.717, 1.165) is 10.0 Å². The second-order valence-corrected chi connectivity index (χ2v) is 5.19. The Bertz CT molecular complexity index is 650. The largest absolute Gasteiger partial charge is 0.465 e. The summed E-state index contributed by atoms with van der Waals surface area (Å²) in [5.74, 6) is -0.791. The van der Waals surface area contributed by atoms with Crippen molar-refractivity contribution in [3.8, 4) is 0 Å². The highest BCUT2D eigenvalue weighted by molar-refractivity contribution is 9.10. The predicted octanol–water partition coefficient (Wildman–Crippen LogP) is 3.59. The summed E-state index contributed by atoms with van der Waals surface area (Å²) in [7, 11) is 1.33. The van der Waals surface area contributed by atoms with E-state index in [-0.39, 0.29) is 6.61 Å². The van der Waals surface area contributed by atoms with E-state index in [2.05, 4.69) is 20.7 Å². The third-order valence-electron chi connectivity index (χ3n) is 2.81. The Kier molecular flexibility index (Phi) is 5.11. The lowest BCUT2D eigenvalue weighted by molar-refractivity contribution is 0.0471. The monoisotopic (exact) mass is 348 g/mol. The molecule has 0 aliphatic rings. The molecule has 108 valence electrons. The quantitative estimate of drug-likeness (QED) is 0.792. The zero-order valence-corrected chi connectivity index (χ0v) is 12.9. The first-order valence-corrected chi connectivity index (χ1v) is 6.99. The second-order valence-electron chi connectivity index (χ2n) is 4.27. The van der Waals surface area contributed by atoms with E-state index in [4.69, 9.17) is 4.74 Å². The Balaban J connectivity index is 1.97. The van der Waals surface area contributed by atoms with Crippen LogP contribution >= 0.6 is 15.9 Å². The number of esters is 2. The van der Waals surface area contributed by atoms with Crippen LogP contribution in [0.15, 0.2) is 53.0 Å². The molecule has 0 spiro atoms. The highest BCUT2D eigenvalue weighted by atomic mass is 79.9. The lowest BCUT2D eigenvalue weighted by Crippen LogP contribution is -2.06. The van der Waals surface area contributed by atoms with Crippen LogP contribution in [-0.2, 0) is 16.1 Å². The smallest absolute Gasteiger partial charge is 0.338 e. The van der Waals surface area contributed by atoms with Crippen LogP contribution in [0.25, 0.3) is 0 Å². The normalized spacial score (nSPS) is 10.0. The number of carbonyl (C=O) groups is 2. The zero-order chi connectivity index (χ0) is 15.2. The minimum Gasteiger partial charge on any atom is -0.465 e. The molecule has 0 aliphatic carbocycles. The molecule has 0 unspecified atom stereocenters. The van der Waals surface area contributed by atoms with Gasteiger partial charge in [-0.15, -0.1) is 0 Å². The highest BCUT2D eigenvalue weighted by Gasteiger charge is 2.08. The van der Waals surface area contributed by atoms with Gasteiger partial charge in [-0.2, -0.15) is 0 Å². The molecule has 4 nitrogen and oxygen atoms in total. The summed E-state index contributed by atoms with van der Waals surface area (Å²) >= 11 is 3.30. The maximum Gasteiger partial charge on any atom is 0.338 e. The molecule has 21 heavy (non-hydrogen) atoms. The molecule has 0 heterocycles. The van der Waals surface area contributed by atoms with Crippen molar-refractivity contribution in [2.45, 2.75) is 6.61 Å². The summed E-state index contributed by atoms with van der Waals surface area (Å²) in [6.45, 7) is 0.146. The number of halogens is 1. The average Bonchev–Trinajstić information content (AvgIpc) is 2.52. The Morgan fingerprint density at radius 2 is 1.71 bits per heavy atom. The van der Waals surface area contributed by atoms with Gasteiger partial charge in [-0.25, -0.2) is 9.59 Å². The van der Waals surface area contributed by atoms with Gasteiger partial charge in [0.25, 0.3) is 0 Å². The lowest BCUT2D eigenvalue weighted by Gasteiger charge is -2.06. The summed E-state index contributed by atoms with van der Waals surface area (Å²) in [5.41, 5.74) is 1.74. The molecule has 0 N–H and O–H groups in total. The van der Waals surface area contributed by atoms with Crippen molar-refractivity contribution in [3.63, 3.8) is 0 Å². The van der Waals surface area contributed by atoms with Crippen molar-refractivity contribution in [1.82, 2.24) is 0 Å². The molecule has 0 aliphatic heterocycles. The molecule has 0 fully saturated rings. The van der Waals surface area contributed by atoms with Gasteiger partial charge in [0.15, 0.2) is 0 Å². The standard InChI is InChI=1S/C16H13BrO4/c1-20-15(18)12-7-5-11(6-8-12)10-21-16(19)13-3-2-4-14(17)9-13/h2-9H,10H2,1H3. The first-order chi connectivity index (χ1) is 10.1. The molecule has 0 bridgehead atoms. The molecule has 2 aromatic carbocycles. The van der Waals surface area contributed by atoms with E-state index in [1.165, 1.54) is 7.11 Å². The number of carbonyl (C=O) groups excluding carboxylic acids is 2. The molecule has 0 saturated heterocycles. The van der Waals surface area contributed by atoms with Gasteiger partial charge < -0.3 is 9.47 Å². The molecule has 2 rings (SSSR count). The molecule has 0 radical (unpaired) electrons. The predicted molar refractivity (Wildman–Crippen MR) is 81.0 cm³/mol. The average molecular weight is 349 g/mol. The highest BCUT2D eigenvalue weighted by Crippen LogP contribution is 2.13. The van der Waals surface area contributed by atoms with Gasteiger partial charge in [0.1, 0.15) is 6.61 Å². The van der Waals surface area contributed by atoms with Gasteiger partial charge in [-0.3, -0.25) is 0 Å². The van der Waals surface area contributed by atoms with Crippen molar-refractivity contribution >= 4 is 27.9 Å². The lowest BCUT2D eigenvalue weighted by atomic mass is 10.1. The van der Waals surface area contributed by atoms with E-state index in [1.807, 2.05) is 6.07 Å². The summed E-state index contributed by atoms with van der Waals surface area (Å²) in [6.07, 6.45) is 0. The van der Waals surface area contributed by atoms with Crippen LogP contribution in [0.5, 0.6) is 0 Å². The number of hydrogen-bond acceptors (Lipinski definition) is 4. The van der Waals surface area contributed by atoms with Crippen LogP contribution in [-0.4, -0.2) is 19.0 Å². The van der Waals surface area contributed by atoms with E-state index in [1.54, 1.807) is 42.5 Å². The van der Waals surface area contributed by atoms with E-state index in [0.29, 0.717) is 11.1 Å². The third-order valence-corrected chi connectivity index (χ3v) is 3.30. The first kappa shape index (κ1) is 15.3. The number of rotatable bonds is 4. The van der Waals surface area contributed by atoms with E-state index in [9.17, 15) is 9.59 Å². The van der Waals surface area contributed by atoms with Crippen LogP contribution < -0.4 is 0 Å². The SMILES string of the molecule is COC(=O)c1ccc(COC(=O)c2cccc(Br)c2)cc1. The summed E-state index contributed by atoms with van der Waals surface area (Å²) < 4.78 is 10.7. The van der Waals surface area contributed by atoms with E-state index < -0.39 is 11.9 Å². The van der Waals surface area contributed by atoms with Gasteiger partial charge >= 0.3 is 11.9 Å². The van der Waals surface area contributed by atoms with Crippen LogP contribution in [0.4, 0.5) is 0 Å². The summed E-state index contributed by atoms with van der Waals surface area (Å²) in [5, 5.41) is 0. The third kappa shape index (κ3) is 4.16. The number of ether oxygens (including phenoxy) is 2. The molecule has 0 saturated carbocycles. The minimum atomic E-state index is -0.396. The minimum absolute atomic E-state index is 0.146. The van der Waals surface area contributed by atoms with Crippen molar-refractivity contribution in [2.24, 2.45) is 0 Å². The second kappa shape index (κ2) is 7.04. The number of benzene rings is 2. The summed E-state index contributed by atoms with van der Waals surface area (Å²) in [4.78, 5) is 23.2. The van der Waals surface area contributed by atoms with Crippen LogP contribution in [0, 0.1) is 0 Å². The Labute approximate surface area is 130 Å². The van der Waals surface area contributed by atoms with E-state index >= 15 is 0 Å². The molecule has 0 atom stereocenters. The van der Waals surface area contributed by atoms with Crippen molar-refractivity contribution in [3.05, 3.63) is 69.7 Å². The molecular weight excluding hydrogens is 336 g/mol. The maximum absolute atomic E-state index is 11.9. The van der Waals surface area contributed by atoms with Crippen LogP contribution in [0.1, 0.15) is 26.3 Å². The molecule has 0 amide bonds. The number of methoxy groups -OCH3 is 1. The fourth-order valence-corrected chi connectivity index (χ4v) is 2.10. The van der Waals surface area contributed by atoms with Gasteiger partial charge in [-0.1, -0.05) is 34.1 Å². The number of hydrogen-bond donors (Lipinski definition) is 0. The molecule has 5 heteroatoms. The fraction of sp³-hybridized carbons (Fsp3) is 0.125. The fourth-order valence-electron chi connectivity index (χ4n) is 1.70. The molecule has 0 aromatic heterocycles. The Hall–Kier alpha value is -2.14. The molecule has 2 aromatic rings. The zero-order valence-electron chi connectivity index (χ0n) is 11.3. The van der Waals surface area contributed by atoms with Crippen molar-refractivity contribution in [2.75, 3.05) is 7.11 Å². The van der Waals surface area contributed by atoms with Gasteiger partial charge in [0.2, 0.25) is 0 Å². The van der Waals surface area contributed by atoms with Crippen LogP contribution in [0.3, 0.4) is 0 Å². The Morgan fingerprint density at radius 1 is 1.00 bits per heavy atom. The van der Waals surface area contributed by atoms with Crippen molar-refractivity contribution < 1.29 is 19.1 Å². The van der Waals surface area contributed by atoms with Gasteiger partial charge in [-0.05, 0) is 35.9 Å². The summed E-state index contributed by atoms with van der Waals surface area (Å²) in [6, 6.07) is 13.7. The van der Waals surface area contributed by atoms with Gasteiger partial charge in [0, 0.05) is 4.47 Å². The van der Waals surface area contributed by atoms with Gasteiger partial charge in [0.05, 0.1) is 18.2 Å². The maximum atomic E-state index is 11.9. The Morgan fingerprint density at radius 3 is 2.33 bits per heavy atom. The molecular formula is C16H13BrO4. The first-order valence-electron chi connectivity index (χ1n) is 6.20. The topological polar surface area (TPSA) is 52.6 Å².